The van der Waals surface area contributed by atoms with Crippen molar-refractivity contribution in [3.05, 3.63) is 27.7 Å². The number of halogens is 2. The zero-order valence-corrected chi connectivity index (χ0v) is 16.7. The zero-order valence-electron chi connectivity index (χ0n) is 15.2. The van der Waals surface area contributed by atoms with Gasteiger partial charge in [0.25, 0.3) is 0 Å². The van der Waals surface area contributed by atoms with Crippen LogP contribution < -0.4 is 5.01 Å². The number of hydrogen-bond donors (Lipinski definition) is 0. The van der Waals surface area contributed by atoms with Gasteiger partial charge in [0.15, 0.2) is 11.7 Å². The van der Waals surface area contributed by atoms with Gasteiger partial charge in [-0.3, -0.25) is 19.4 Å². The smallest absolute Gasteiger partial charge is 0.325 e. The lowest BCUT2D eigenvalue weighted by Crippen LogP contribution is -2.37. The van der Waals surface area contributed by atoms with Crippen molar-refractivity contribution in [3.8, 4) is 0 Å². The summed E-state index contributed by atoms with van der Waals surface area (Å²) in [4.78, 5) is 36.5. The fourth-order valence-corrected chi connectivity index (χ4v) is 3.11. The third-order valence-electron chi connectivity index (χ3n) is 3.92. The molecule has 0 aromatic heterocycles. The topological polar surface area (TPSA) is 85.3 Å². The molecule has 0 radical (unpaired) electrons. The van der Waals surface area contributed by atoms with E-state index in [1.165, 1.54) is 5.01 Å². The fraction of sp³-hybridized carbons (Fsp3) is 0.444. The molecule has 9 heteroatoms. The summed E-state index contributed by atoms with van der Waals surface area (Å²) in [5.41, 5.74) is 0.721. The highest BCUT2D eigenvalue weighted by atomic mass is 35.5. The van der Waals surface area contributed by atoms with Crippen LogP contribution in [0.2, 0.25) is 10.0 Å². The molecule has 1 aromatic rings. The molecule has 1 heterocycles. The van der Waals surface area contributed by atoms with Gasteiger partial charge in [0.1, 0.15) is 0 Å². The first-order valence-electron chi connectivity index (χ1n) is 8.49. The third-order valence-corrected chi connectivity index (χ3v) is 4.72. The van der Waals surface area contributed by atoms with Crippen LogP contribution in [-0.4, -0.2) is 43.2 Å². The molecule has 1 atom stereocenters. The van der Waals surface area contributed by atoms with E-state index in [0.717, 1.165) is 6.21 Å². The van der Waals surface area contributed by atoms with Crippen molar-refractivity contribution in [2.75, 3.05) is 18.2 Å². The summed E-state index contributed by atoms with van der Waals surface area (Å²) in [6.07, 6.45) is 1.32. The van der Waals surface area contributed by atoms with Crippen LogP contribution in [0.15, 0.2) is 17.2 Å². The Bertz CT molecular complexity index is 763. The lowest BCUT2D eigenvalue weighted by atomic mass is 9.97. The second-order valence-electron chi connectivity index (χ2n) is 5.82. The summed E-state index contributed by atoms with van der Waals surface area (Å²) in [5, 5.41) is 6.22. The Morgan fingerprint density at radius 3 is 2.41 bits per heavy atom. The van der Waals surface area contributed by atoms with Crippen LogP contribution in [0.3, 0.4) is 0 Å². The molecule has 0 aliphatic carbocycles. The predicted molar refractivity (Wildman–Crippen MR) is 103 cm³/mol. The van der Waals surface area contributed by atoms with Gasteiger partial charge in [0, 0.05) is 6.42 Å². The van der Waals surface area contributed by atoms with Crippen molar-refractivity contribution in [3.63, 3.8) is 0 Å². The highest BCUT2D eigenvalue weighted by Gasteiger charge is 2.33. The van der Waals surface area contributed by atoms with Gasteiger partial charge in [-0.1, -0.05) is 23.2 Å². The van der Waals surface area contributed by atoms with Gasteiger partial charge in [-0.05, 0) is 32.9 Å². The maximum Gasteiger partial charge on any atom is 0.325 e. The Morgan fingerprint density at radius 2 is 1.85 bits per heavy atom. The van der Waals surface area contributed by atoms with Gasteiger partial charge < -0.3 is 9.47 Å². The van der Waals surface area contributed by atoms with E-state index in [4.69, 9.17) is 32.7 Å². The molecule has 0 spiro atoms. The lowest BCUT2D eigenvalue weighted by molar-refractivity contribution is -0.157. The van der Waals surface area contributed by atoms with Crippen LogP contribution in [0.25, 0.3) is 0 Å². The molecule has 0 saturated heterocycles. The van der Waals surface area contributed by atoms with Crippen LogP contribution in [0, 0.1) is 5.92 Å². The second-order valence-corrected chi connectivity index (χ2v) is 6.61. The molecule has 7 nitrogen and oxygen atoms in total. The SMILES string of the molecule is CCOC(=O)C(C=NN1c2ccc(Cl)c(Cl)c2C(=O)CC1C)C(=O)OCC. The lowest BCUT2D eigenvalue weighted by Gasteiger charge is -2.32. The Kier molecular flexibility index (Phi) is 7.21. The van der Waals surface area contributed by atoms with E-state index in [1.807, 2.05) is 0 Å². The van der Waals surface area contributed by atoms with E-state index < -0.39 is 17.9 Å². The minimum atomic E-state index is -1.30. The number of nitrogens with zero attached hydrogens (tertiary/aromatic N) is 2. The first-order chi connectivity index (χ1) is 12.8. The quantitative estimate of drug-likeness (QED) is 0.402. The molecular weight excluding hydrogens is 395 g/mol. The number of Topliss-reactive ketones (excluding diaryl/α,β-unsaturated/α-hetero) is 1. The molecule has 1 unspecified atom stereocenters. The number of fused-ring (bicyclic) bond motifs is 1. The van der Waals surface area contributed by atoms with Crippen molar-refractivity contribution in [1.82, 2.24) is 0 Å². The van der Waals surface area contributed by atoms with E-state index in [0.29, 0.717) is 5.69 Å². The van der Waals surface area contributed by atoms with Crippen LogP contribution in [0.1, 0.15) is 37.6 Å². The van der Waals surface area contributed by atoms with E-state index in [2.05, 4.69) is 5.10 Å². The molecule has 146 valence electrons. The Balaban J connectivity index is 2.40. The molecule has 2 rings (SSSR count). The van der Waals surface area contributed by atoms with Crippen LogP contribution >= 0.6 is 23.2 Å². The normalized spacial score (nSPS) is 16.6. The zero-order chi connectivity index (χ0) is 20.1. The molecule has 27 heavy (non-hydrogen) atoms. The minimum absolute atomic E-state index is 0.119. The van der Waals surface area contributed by atoms with Gasteiger partial charge in [-0.15, -0.1) is 0 Å². The monoisotopic (exact) mass is 414 g/mol. The molecule has 0 amide bonds. The number of rotatable bonds is 6. The average molecular weight is 415 g/mol. The summed E-state index contributed by atoms with van der Waals surface area (Å²) < 4.78 is 9.83. The number of esters is 2. The molecule has 0 saturated carbocycles. The standard InChI is InChI=1S/C18H20Cl2N2O5/c1-4-26-17(24)11(18(25)27-5-2)9-21-22-10(3)8-14(23)15-13(22)7-6-12(19)16(15)20/h6-7,9-11H,4-5,8H2,1-3H3. The van der Waals surface area contributed by atoms with Crippen molar-refractivity contribution >= 4 is 52.8 Å². The van der Waals surface area contributed by atoms with E-state index in [1.54, 1.807) is 32.9 Å². The van der Waals surface area contributed by atoms with Crippen molar-refractivity contribution in [2.45, 2.75) is 33.2 Å². The number of hydrogen-bond acceptors (Lipinski definition) is 7. The van der Waals surface area contributed by atoms with Crippen LogP contribution in [0.4, 0.5) is 5.69 Å². The van der Waals surface area contributed by atoms with Gasteiger partial charge in [0.2, 0.25) is 0 Å². The number of hydrazone groups is 1. The Morgan fingerprint density at radius 1 is 1.26 bits per heavy atom. The van der Waals surface area contributed by atoms with Gasteiger partial charge >= 0.3 is 11.9 Å². The number of anilines is 1. The Labute approximate surface area is 167 Å². The summed E-state index contributed by atoms with van der Waals surface area (Å²) in [5.74, 6) is -2.96. The third kappa shape index (κ3) is 4.59. The molecule has 1 aromatic carbocycles. The van der Waals surface area contributed by atoms with E-state index in [-0.39, 0.29) is 47.1 Å². The first-order valence-corrected chi connectivity index (χ1v) is 9.25. The highest BCUT2D eigenvalue weighted by Crippen LogP contribution is 2.39. The van der Waals surface area contributed by atoms with Crippen LogP contribution in [0.5, 0.6) is 0 Å². The maximum atomic E-state index is 12.4. The number of ether oxygens (including phenoxy) is 2. The largest absolute Gasteiger partial charge is 0.465 e. The molecule has 0 N–H and O–H groups in total. The summed E-state index contributed by atoms with van der Waals surface area (Å²) >= 11 is 12.2. The minimum Gasteiger partial charge on any atom is -0.465 e. The number of carbonyl (C=O) groups is 3. The van der Waals surface area contributed by atoms with E-state index in [9.17, 15) is 14.4 Å². The van der Waals surface area contributed by atoms with Crippen molar-refractivity contribution < 1.29 is 23.9 Å². The fourth-order valence-electron chi connectivity index (χ4n) is 2.69. The summed E-state index contributed by atoms with van der Waals surface area (Å²) in [7, 11) is 0. The van der Waals surface area contributed by atoms with Gasteiger partial charge in [0.05, 0.1) is 46.8 Å². The van der Waals surface area contributed by atoms with Gasteiger partial charge in [-0.2, -0.15) is 5.10 Å². The first kappa shape index (κ1) is 21.2. The van der Waals surface area contributed by atoms with Gasteiger partial charge in [-0.25, -0.2) is 0 Å². The molecular formula is C18H20Cl2N2O5. The Hall–Kier alpha value is -2.12. The van der Waals surface area contributed by atoms with E-state index >= 15 is 0 Å². The molecule has 1 aliphatic heterocycles. The highest BCUT2D eigenvalue weighted by molar-refractivity contribution is 6.44. The molecule has 0 fully saturated rings. The van der Waals surface area contributed by atoms with Crippen LogP contribution in [-0.2, 0) is 19.1 Å². The molecule has 1 aliphatic rings. The second kappa shape index (κ2) is 9.19. The number of benzene rings is 1. The predicted octanol–water partition coefficient (Wildman–Crippen LogP) is 3.50. The molecule has 0 bridgehead atoms. The number of carbonyl (C=O) groups excluding carboxylic acids is 3. The summed E-state index contributed by atoms with van der Waals surface area (Å²) in [6, 6.07) is 2.88. The van der Waals surface area contributed by atoms with Crippen molar-refractivity contribution in [2.24, 2.45) is 11.0 Å². The summed E-state index contributed by atoms with van der Waals surface area (Å²) in [6.45, 7) is 5.31. The average Bonchev–Trinajstić information content (AvgIpc) is 2.60. The number of ketones is 1. The van der Waals surface area contributed by atoms with Crippen molar-refractivity contribution in [1.29, 1.82) is 0 Å². The maximum absolute atomic E-state index is 12.4.